The maximum Gasteiger partial charge on any atom is 0.220 e. The lowest BCUT2D eigenvalue weighted by molar-refractivity contribution is -0.129. The van der Waals surface area contributed by atoms with Crippen molar-refractivity contribution in [3.8, 4) is 0 Å². The van der Waals surface area contributed by atoms with Crippen LogP contribution in [0, 0.1) is 5.92 Å². The summed E-state index contributed by atoms with van der Waals surface area (Å²) in [5.41, 5.74) is 6.16. The van der Waals surface area contributed by atoms with Crippen molar-refractivity contribution in [3.63, 3.8) is 0 Å². The quantitative estimate of drug-likeness (QED) is 0.711. The molecule has 160 valence electrons. The van der Waals surface area contributed by atoms with E-state index in [1.807, 2.05) is 0 Å². The summed E-state index contributed by atoms with van der Waals surface area (Å²) in [7, 11) is 0. The summed E-state index contributed by atoms with van der Waals surface area (Å²) >= 11 is 0. The normalized spacial score (nSPS) is 30.0. The van der Waals surface area contributed by atoms with E-state index in [1.165, 1.54) is 38.5 Å². The van der Waals surface area contributed by atoms with Crippen LogP contribution in [0.3, 0.4) is 0 Å². The Balaban J connectivity index is 0.00000182. The highest BCUT2D eigenvalue weighted by Gasteiger charge is 2.42. The number of carbonyl (C=O) groups is 1. The third kappa shape index (κ3) is 6.46. The highest BCUT2D eigenvalue weighted by molar-refractivity contribution is 5.85. The lowest BCUT2D eigenvalue weighted by Crippen LogP contribution is -2.63. The van der Waals surface area contributed by atoms with Gasteiger partial charge in [-0.1, -0.05) is 25.7 Å². The minimum absolute atomic E-state index is 0. The van der Waals surface area contributed by atoms with Crippen LogP contribution in [-0.4, -0.2) is 54.2 Å². The Morgan fingerprint density at radius 3 is 2.44 bits per heavy atom. The van der Waals surface area contributed by atoms with Gasteiger partial charge in [-0.15, -0.1) is 24.8 Å². The molecule has 0 aromatic heterocycles. The second-order valence-electron chi connectivity index (χ2n) is 9.15. The lowest BCUT2D eigenvalue weighted by Gasteiger charge is -2.51. The molecular weight excluding hydrogens is 385 g/mol. The van der Waals surface area contributed by atoms with E-state index >= 15 is 0 Å². The first-order chi connectivity index (χ1) is 11.9. The van der Waals surface area contributed by atoms with Gasteiger partial charge in [-0.3, -0.25) is 9.69 Å². The maximum atomic E-state index is 12.5. The van der Waals surface area contributed by atoms with E-state index in [4.69, 9.17) is 10.5 Å². The lowest BCUT2D eigenvalue weighted by atomic mass is 9.79. The summed E-state index contributed by atoms with van der Waals surface area (Å²) in [6.07, 6.45) is 10.2. The number of carbonyl (C=O) groups excluding carboxylic acids is 1. The van der Waals surface area contributed by atoms with E-state index in [0.717, 1.165) is 39.1 Å². The van der Waals surface area contributed by atoms with Gasteiger partial charge in [-0.25, -0.2) is 0 Å². The molecule has 0 spiro atoms. The Morgan fingerprint density at radius 2 is 1.85 bits per heavy atom. The second kappa shape index (κ2) is 10.6. The molecule has 3 aliphatic rings. The largest absolute Gasteiger partial charge is 0.373 e. The fraction of sp³-hybridized carbons (Fsp3) is 0.950. The van der Waals surface area contributed by atoms with Crippen molar-refractivity contribution in [3.05, 3.63) is 0 Å². The molecule has 5 nitrogen and oxygen atoms in total. The molecule has 0 aromatic rings. The molecule has 7 heteroatoms. The molecule has 2 aliphatic carbocycles. The summed E-state index contributed by atoms with van der Waals surface area (Å²) in [5, 5.41) is 3.29. The average molecular weight is 424 g/mol. The maximum absolute atomic E-state index is 12.5. The fourth-order valence-electron chi connectivity index (χ4n) is 5.13. The van der Waals surface area contributed by atoms with Crippen LogP contribution in [0.25, 0.3) is 0 Å². The van der Waals surface area contributed by atoms with E-state index in [-0.39, 0.29) is 47.9 Å². The van der Waals surface area contributed by atoms with Gasteiger partial charge in [-0.2, -0.15) is 0 Å². The van der Waals surface area contributed by atoms with Crippen LogP contribution in [0.2, 0.25) is 0 Å². The van der Waals surface area contributed by atoms with Gasteiger partial charge in [0.1, 0.15) is 0 Å². The van der Waals surface area contributed by atoms with Gasteiger partial charge in [0.2, 0.25) is 5.91 Å². The van der Waals surface area contributed by atoms with Gasteiger partial charge >= 0.3 is 0 Å². The van der Waals surface area contributed by atoms with Crippen molar-refractivity contribution in [2.75, 3.05) is 26.2 Å². The zero-order chi connectivity index (χ0) is 17.9. The Kier molecular flexibility index (Phi) is 9.83. The number of nitrogens with one attached hydrogen (secondary N) is 1. The molecule has 3 N–H and O–H groups in total. The van der Waals surface area contributed by atoms with Crippen LogP contribution < -0.4 is 11.1 Å². The van der Waals surface area contributed by atoms with Crippen molar-refractivity contribution >= 4 is 30.7 Å². The van der Waals surface area contributed by atoms with E-state index < -0.39 is 0 Å². The third-order valence-electron chi connectivity index (χ3n) is 6.66. The topological polar surface area (TPSA) is 67.6 Å². The number of hydrogen-bond donors (Lipinski definition) is 2. The van der Waals surface area contributed by atoms with Gasteiger partial charge in [0.05, 0.1) is 12.2 Å². The zero-order valence-corrected chi connectivity index (χ0v) is 18.6. The minimum atomic E-state index is -0.0939. The van der Waals surface area contributed by atoms with Gasteiger partial charge in [0.15, 0.2) is 0 Å². The van der Waals surface area contributed by atoms with Gasteiger partial charge < -0.3 is 15.8 Å². The monoisotopic (exact) mass is 423 g/mol. The fourth-order valence-corrected chi connectivity index (χ4v) is 5.13. The summed E-state index contributed by atoms with van der Waals surface area (Å²) in [5.74, 6) is 0.574. The molecule has 0 bridgehead atoms. The minimum Gasteiger partial charge on any atom is -0.373 e. The van der Waals surface area contributed by atoms with E-state index in [2.05, 4.69) is 24.1 Å². The van der Waals surface area contributed by atoms with Crippen molar-refractivity contribution in [1.29, 1.82) is 0 Å². The van der Waals surface area contributed by atoms with Crippen molar-refractivity contribution < 1.29 is 9.53 Å². The average Bonchev–Trinajstić information content (AvgIpc) is 2.98. The number of morpholine rings is 1. The van der Waals surface area contributed by atoms with Crippen LogP contribution in [0.1, 0.15) is 71.6 Å². The summed E-state index contributed by atoms with van der Waals surface area (Å²) in [4.78, 5) is 15.1. The van der Waals surface area contributed by atoms with Crippen molar-refractivity contribution in [2.24, 2.45) is 11.7 Å². The standard InChI is InChI=1S/C20H37N3O2.2ClH/c1-19(2)15-23(11-12-25-19)20(9-4-3-5-10-20)14-22-18(24)13-16-7-6-8-17(16)21;;/h16-17H,3-15,21H2,1-2H3,(H,22,24);2*1H/t16-,17+;;/m0../s1. The molecule has 0 unspecified atom stereocenters. The Morgan fingerprint density at radius 1 is 1.15 bits per heavy atom. The first-order valence-corrected chi connectivity index (χ1v) is 10.3. The predicted molar refractivity (Wildman–Crippen MR) is 115 cm³/mol. The van der Waals surface area contributed by atoms with Crippen molar-refractivity contribution in [2.45, 2.75) is 88.8 Å². The summed E-state index contributed by atoms with van der Waals surface area (Å²) in [6.45, 7) is 7.86. The van der Waals surface area contributed by atoms with Crippen LogP contribution in [0.15, 0.2) is 0 Å². The molecule has 2 saturated carbocycles. The highest BCUT2D eigenvalue weighted by Crippen LogP contribution is 2.36. The molecule has 0 aromatic carbocycles. The zero-order valence-electron chi connectivity index (χ0n) is 17.0. The number of halogens is 2. The molecule has 3 fully saturated rings. The number of rotatable bonds is 5. The van der Waals surface area contributed by atoms with Gasteiger partial charge in [0, 0.05) is 37.6 Å². The molecule has 2 atom stereocenters. The predicted octanol–water partition coefficient (Wildman–Crippen LogP) is 3.28. The number of amides is 1. The van der Waals surface area contributed by atoms with Gasteiger partial charge in [-0.05, 0) is 45.4 Å². The molecule has 3 rings (SSSR count). The molecule has 0 radical (unpaired) electrons. The smallest absolute Gasteiger partial charge is 0.220 e. The molecule has 27 heavy (non-hydrogen) atoms. The van der Waals surface area contributed by atoms with Crippen LogP contribution in [-0.2, 0) is 9.53 Å². The molecule has 1 saturated heterocycles. The number of nitrogens with two attached hydrogens (primary N) is 1. The molecule has 1 aliphatic heterocycles. The first-order valence-electron chi connectivity index (χ1n) is 10.3. The summed E-state index contributed by atoms with van der Waals surface area (Å²) in [6, 6.07) is 0.217. The summed E-state index contributed by atoms with van der Waals surface area (Å²) < 4.78 is 5.91. The number of hydrogen-bond acceptors (Lipinski definition) is 4. The Labute approximate surface area is 177 Å². The van der Waals surface area contributed by atoms with Crippen LogP contribution in [0.4, 0.5) is 0 Å². The number of ether oxygens (including phenoxy) is 1. The van der Waals surface area contributed by atoms with Crippen LogP contribution >= 0.6 is 24.8 Å². The van der Waals surface area contributed by atoms with Crippen LogP contribution in [0.5, 0.6) is 0 Å². The Bertz CT molecular complexity index is 470. The third-order valence-corrected chi connectivity index (χ3v) is 6.66. The highest BCUT2D eigenvalue weighted by atomic mass is 35.5. The van der Waals surface area contributed by atoms with Gasteiger partial charge in [0.25, 0.3) is 0 Å². The van der Waals surface area contributed by atoms with E-state index in [1.54, 1.807) is 0 Å². The molecular formula is C20H39Cl2N3O2. The second-order valence-corrected chi connectivity index (χ2v) is 9.15. The van der Waals surface area contributed by atoms with Crippen molar-refractivity contribution in [1.82, 2.24) is 10.2 Å². The van der Waals surface area contributed by atoms with E-state index in [9.17, 15) is 4.79 Å². The molecule has 1 amide bonds. The van der Waals surface area contributed by atoms with E-state index in [0.29, 0.717) is 12.3 Å². The first kappa shape index (κ1) is 25.0. The Hall–Kier alpha value is -0.0700. The SMILES string of the molecule is CC1(C)CN(C2(CNC(=O)C[C@@H]3CCC[C@H]3N)CCCCC2)CCO1.Cl.Cl. The number of nitrogens with zero attached hydrogens (tertiary/aromatic N) is 1. The molecule has 1 heterocycles.